The van der Waals surface area contributed by atoms with Crippen LogP contribution >= 0.6 is 0 Å². The predicted molar refractivity (Wildman–Crippen MR) is 46.8 cm³/mol. The van der Waals surface area contributed by atoms with E-state index in [4.69, 9.17) is 9.84 Å². The fourth-order valence-corrected chi connectivity index (χ4v) is 0.922. The summed E-state index contributed by atoms with van der Waals surface area (Å²) in [7, 11) is 0. The average Bonchev–Trinajstić information content (AvgIpc) is 2.01. The topological polar surface area (TPSA) is 46.5 Å². The van der Waals surface area contributed by atoms with Crippen molar-refractivity contribution in [3.63, 3.8) is 0 Å². The van der Waals surface area contributed by atoms with E-state index in [-0.39, 0.29) is 12.2 Å². The molecule has 0 rings (SSSR count). The van der Waals surface area contributed by atoms with Crippen LogP contribution in [-0.2, 0) is 9.53 Å². The minimum Gasteiger partial charge on any atom is -0.368 e. The minimum atomic E-state index is -0.903. The first-order chi connectivity index (χ1) is 5.70. The largest absolute Gasteiger partial charge is 0.368 e. The SMILES string of the molecule is CCCCC(=O)CC(O)OCC. The third kappa shape index (κ3) is 6.31. The van der Waals surface area contributed by atoms with Crippen molar-refractivity contribution in [2.24, 2.45) is 0 Å². The molecule has 0 radical (unpaired) electrons. The van der Waals surface area contributed by atoms with Gasteiger partial charge in [-0.15, -0.1) is 0 Å². The van der Waals surface area contributed by atoms with Crippen molar-refractivity contribution in [3.05, 3.63) is 0 Å². The summed E-state index contributed by atoms with van der Waals surface area (Å²) in [6.07, 6.45) is 1.70. The van der Waals surface area contributed by atoms with Gasteiger partial charge in [0.2, 0.25) is 0 Å². The lowest BCUT2D eigenvalue weighted by molar-refractivity contribution is -0.135. The van der Waals surface area contributed by atoms with Gasteiger partial charge in [0.25, 0.3) is 0 Å². The molecule has 12 heavy (non-hydrogen) atoms. The summed E-state index contributed by atoms with van der Waals surface area (Å²) in [5, 5.41) is 9.08. The van der Waals surface area contributed by atoms with Crippen molar-refractivity contribution in [1.29, 1.82) is 0 Å². The lowest BCUT2D eigenvalue weighted by Gasteiger charge is -2.08. The molecule has 3 heteroatoms. The van der Waals surface area contributed by atoms with Crippen LogP contribution in [0.15, 0.2) is 0 Å². The highest BCUT2D eigenvalue weighted by atomic mass is 16.6. The number of Topliss-reactive ketones (excluding diaryl/α,β-unsaturated/α-hetero) is 1. The number of rotatable bonds is 7. The molecule has 1 unspecified atom stereocenters. The van der Waals surface area contributed by atoms with Gasteiger partial charge in [0, 0.05) is 13.0 Å². The number of aliphatic hydroxyl groups is 1. The van der Waals surface area contributed by atoms with Crippen LogP contribution in [0.3, 0.4) is 0 Å². The van der Waals surface area contributed by atoms with Crippen LogP contribution in [0.5, 0.6) is 0 Å². The predicted octanol–water partition coefficient (Wildman–Crippen LogP) is 1.49. The number of carbonyl (C=O) groups excluding carboxylic acids is 1. The Bertz CT molecular complexity index is 123. The van der Waals surface area contributed by atoms with Crippen LogP contribution in [0, 0.1) is 0 Å². The molecule has 1 atom stereocenters. The Morgan fingerprint density at radius 2 is 2.17 bits per heavy atom. The average molecular weight is 174 g/mol. The molecular formula is C9H18O3. The van der Waals surface area contributed by atoms with Gasteiger partial charge in [0.15, 0.2) is 6.29 Å². The van der Waals surface area contributed by atoms with Crippen molar-refractivity contribution < 1.29 is 14.6 Å². The van der Waals surface area contributed by atoms with E-state index in [1.807, 2.05) is 6.92 Å². The molecule has 0 aliphatic carbocycles. The molecule has 0 aliphatic rings. The van der Waals surface area contributed by atoms with Crippen LogP contribution in [0.4, 0.5) is 0 Å². The van der Waals surface area contributed by atoms with Crippen LogP contribution < -0.4 is 0 Å². The normalized spacial score (nSPS) is 12.9. The number of ether oxygens (including phenoxy) is 1. The molecule has 1 N–H and O–H groups in total. The van der Waals surface area contributed by atoms with Crippen LogP contribution in [0.1, 0.15) is 39.5 Å². The lowest BCUT2D eigenvalue weighted by Crippen LogP contribution is -2.16. The fraction of sp³-hybridized carbons (Fsp3) is 0.889. The molecule has 0 aromatic heterocycles. The highest BCUT2D eigenvalue weighted by Crippen LogP contribution is 2.02. The van der Waals surface area contributed by atoms with E-state index in [0.29, 0.717) is 13.0 Å². The summed E-state index contributed by atoms with van der Waals surface area (Å²) in [6.45, 7) is 4.27. The van der Waals surface area contributed by atoms with Gasteiger partial charge in [0.1, 0.15) is 5.78 Å². The Kier molecular flexibility index (Phi) is 7.00. The second-order valence-electron chi connectivity index (χ2n) is 2.76. The second kappa shape index (κ2) is 7.25. The van der Waals surface area contributed by atoms with Crippen LogP contribution in [0.2, 0.25) is 0 Å². The Morgan fingerprint density at radius 1 is 1.50 bits per heavy atom. The molecule has 0 bridgehead atoms. The number of aliphatic hydroxyl groups excluding tert-OH is 1. The van der Waals surface area contributed by atoms with E-state index in [2.05, 4.69) is 0 Å². The first-order valence-corrected chi connectivity index (χ1v) is 4.52. The van der Waals surface area contributed by atoms with E-state index in [0.717, 1.165) is 12.8 Å². The lowest BCUT2D eigenvalue weighted by atomic mass is 10.1. The van der Waals surface area contributed by atoms with Crippen molar-refractivity contribution >= 4 is 5.78 Å². The summed E-state index contributed by atoms with van der Waals surface area (Å²) in [6, 6.07) is 0. The van der Waals surface area contributed by atoms with E-state index in [1.54, 1.807) is 6.92 Å². The number of hydrogen-bond donors (Lipinski definition) is 1. The molecule has 0 spiro atoms. The Labute approximate surface area is 73.7 Å². The molecule has 0 saturated heterocycles. The van der Waals surface area contributed by atoms with Gasteiger partial charge >= 0.3 is 0 Å². The Balaban J connectivity index is 3.40. The minimum absolute atomic E-state index is 0.0813. The molecule has 0 fully saturated rings. The van der Waals surface area contributed by atoms with Crippen LogP contribution in [0.25, 0.3) is 0 Å². The summed E-state index contributed by atoms with van der Waals surface area (Å²) in [4.78, 5) is 11.0. The quantitative estimate of drug-likeness (QED) is 0.595. The Morgan fingerprint density at radius 3 is 2.67 bits per heavy atom. The van der Waals surface area contributed by atoms with Gasteiger partial charge < -0.3 is 9.84 Å². The number of unbranched alkanes of at least 4 members (excludes halogenated alkanes) is 1. The maximum absolute atomic E-state index is 11.0. The molecular weight excluding hydrogens is 156 g/mol. The van der Waals surface area contributed by atoms with Crippen molar-refractivity contribution in [1.82, 2.24) is 0 Å². The molecule has 0 amide bonds. The number of hydrogen-bond acceptors (Lipinski definition) is 3. The van der Waals surface area contributed by atoms with E-state index < -0.39 is 6.29 Å². The zero-order valence-electron chi connectivity index (χ0n) is 7.88. The second-order valence-corrected chi connectivity index (χ2v) is 2.76. The van der Waals surface area contributed by atoms with Gasteiger partial charge in [-0.3, -0.25) is 4.79 Å². The molecule has 72 valence electrons. The third-order valence-electron chi connectivity index (χ3n) is 1.57. The zero-order valence-corrected chi connectivity index (χ0v) is 7.88. The smallest absolute Gasteiger partial charge is 0.161 e. The standard InChI is InChI=1S/C9H18O3/c1-3-5-6-8(10)7-9(11)12-4-2/h9,11H,3-7H2,1-2H3. The molecule has 0 aromatic carbocycles. The van der Waals surface area contributed by atoms with Gasteiger partial charge in [-0.1, -0.05) is 13.3 Å². The zero-order chi connectivity index (χ0) is 9.40. The van der Waals surface area contributed by atoms with Gasteiger partial charge in [0.05, 0.1) is 6.42 Å². The molecule has 0 aliphatic heterocycles. The van der Waals surface area contributed by atoms with E-state index in [9.17, 15) is 4.79 Å². The highest BCUT2D eigenvalue weighted by Gasteiger charge is 2.09. The van der Waals surface area contributed by atoms with Gasteiger partial charge in [-0.2, -0.15) is 0 Å². The van der Waals surface area contributed by atoms with E-state index >= 15 is 0 Å². The summed E-state index contributed by atoms with van der Waals surface area (Å²) in [5.74, 6) is 0.0813. The first-order valence-electron chi connectivity index (χ1n) is 4.52. The summed E-state index contributed by atoms with van der Waals surface area (Å²) in [5.41, 5.74) is 0. The maximum Gasteiger partial charge on any atom is 0.161 e. The summed E-state index contributed by atoms with van der Waals surface area (Å²) < 4.78 is 4.83. The molecule has 0 heterocycles. The van der Waals surface area contributed by atoms with Gasteiger partial charge in [-0.05, 0) is 13.3 Å². The molecule has 0 aromatic rings. The highest BCUT2D eigenvalue weighted by molar-refractivity contribution is 5.78. The Hall–Kier alpha value is -0.410. The van der Waals surface area contributed by atoms with Crippen LogP contribution in [-0.4, -0.2) is 23.8 Å². The number of ketones is 1. The first kappa shape index (κ1) is 11.6. The van der Waals surface area contributed by atoms with Crippen molar-refractivity contribution in [2.75, 3.05) is 6.61 Å². The van der Waals surface area contributed by atoms with E-state index in [1.165, 1.54) is 0 Å². The maximum atomic E-state index is 11.0. The fourth-order valence-electron chi connectivity index (χ4n) is 0.922. The monoisotopic (exact) mass is 174 g/mol. The molecule has 0 saturated carbocycles. The number of carbonyl (C=O) groups is 1. The van der Waals surface area contributed by atoms with Crippen molar-refractivity contribution in [2.45, 2.75) is 45.8 Å². The molecule has 3 nitrogen and oxygen atoms in total. The van der Waals surface area contributed by atoms with Gasteiger partial charge in [-0.25, -0.2) is 0 Å². The summed E-state index contributed by atoms with van der Waals surface area (Å²) >= 11 is 0. The van der Waals surface area contributed by atoms with Crippen molar-refractivity contribution in [3.8, 4) is 0 Å². The third-order valence-corrected chi connectivity index (χ3v) is 1.57.